The van der Waals surface area contributed by atoms with Crippen molar-refractivity contribution >= 4 is 5.78 Å². The Morgan fingerprint density at radius 1 is 1.37 bits per heavy atom. The highest BCUT2D eigenvalue weighted by Crippen LogP contribution is 2.31. The van der Waals surface area contributed by atoms with Gasteiger partial charge >= 0.3 is 0 Å². The molecule has 0 bridgehead atoms. The molecule has 96 valence electrons. The minimum Gasteiger partial charge on any atom is -0.508 e. The minimum atomic E-state index is -0.224. The zero-order chi connectivity index (χ0) is 13.2. The number of pyridine rings is 1. The molecule has 1 unspecified atom stereocenters. The maximum Gasteiger partial charge on any atom is 0.173 e. The minimum absolute atomic E-state index is 0.0148. The first-order valence-corrected chi connectivity index (χ1v) is 6.13. The van der Waals surface area contributed by atoms with Crippen LogP contribution in [0.1, 0.15) is 15.9 Å². The van der Waals surface area contributed by atoms with Crippen molar-refractivity contribution in [3.05, 3.63) is 53.9 Å². The second kappa shape index (κ2) is 4.72. The third-order valence-electron chi connectivity index (χ3n) is 3.24. The zero-order valence-electron chi connectivity index (χ0n) is 10.2. The van der Waals surface area contributed by atoms with Gasteiger partial charge in [0.05, 0.1) is 18.1 Å². The highest BCUT2D eigenvalue weighted by atomic mass is 16.5. The maximum absolute atomic E-state index is 12.4. The number of rotatable bonds is 2. The van der Waals surface area contributed by atoms with Gasteiger partial charge in [0.1, 0.15) is 11.5 Å². The van der Waals surface area contributed by atoms with Gasteiger partial charge in [-0.05, 0) is 36.2 Å². The molecule has 3 rings (SSSR count). The van der Waals surface area contributed by atoms with Crippen LogP contribution >= 0.6 is 0 Å². The molecule has 0 saturated heterocycles. The summed E-state index contributed by atoms with van der Waals surface area (Å²) in [5.74, 6) is 0.419. The summed E-state index contributed by atoms with van der Waals surface area (Å²) in [7, 11) is 0. The number of carbonyl (C=O) groups excluding carboxylic acids is 1. The number of carbonyl (C=O) groups is 1. The standard InChI is InChI=1S/C15H13NO3/c17-12-3-4-14-13(7-12)15(18)11(9-19-14)6-10-2-1-5-16-8-10/h1-5,7-8,11,17H,6,9H2. The predicted molar refractivity (Wildman–Crippen MR) is 69.4 cm³/mol. The van der Waals surface area contributed by atoms with Gasteiger partial charge in [-0.3, -0.25) is 9.78 Å². The van der Waals surface area contributed by atoms with Crippen molar-refractivity contribution in [2.24, 2.45) is 5.92 Å². The van der Waals surface area contributed by atoms with E-state index in [1.807, 2.05) is 12.1 Å². The SMILES string of the molecule is O=C1c2cc(O)ccc2OCC1Cc1cccnc1. The number of hydrogen-bond donors (Lipinski definition) is 1. The van der Waals surface area contributed by atoms with Gasteiger partial charge in [-0.25, -0.2) is 0 Å². The molecule has 2 heterocycles. The molecule has 1 atom stereocenters. The van der Waals surface area contributed by atoms with Gasteiger partial charge in [-0.15, -0.1) is 0 Å². The van der Waals surface area contributed by atoms with Crippen LogP contribution in [0.4, 0.5) is 0 Å². The Labute approximate surface area is 110 Å². The number of phenolic OH excluding ortho intramolecular Hbond substituents is 1. The molecule has 1 aromatic heterocycles. The van der Waals surface area contributed by atoms with Crippen molar-refractivity contribution in [2.45, 2.75) is 6.42 Å². The van der Waals surface area contributed by atoms with Crippen LogP contribution in [-0.2, 0) is 6.42 Å². The second-order valence-corrected chi connectivity index (χ2v) is 4.62. The van der Waals surface area contributed by atoms with E-state index >= 15 is 0 Å². The quantitative estimate of drug-likeness (QED) is 0.893. The normalized spacial score (nSPS) is 17.7. The van der Waals surface area contributed by atoms with Crippen molar-refractivity contribution in [3.8, 4) is 11.5 Å². The molecule has 1 aliphatic heterocycles. The van der Waals surface area contributed by atoms with Gasteiger partial charge < -0.3 is 9.84 Å². The van der Waals surface area contributed by atoms with Gasteiger partial charge in [0, 0.05) is 12.4 Å². The number of nitrogens with zero attached hydrogens (tertiary/aromatic N) is 1. The van der Waals surface area contributed by atoms with Crippen LogP contribution in [0, 0.1) is 5.92 Å². The molecule has 0 amide bonds. The molecule has 19 heavy (non-hydrogen) atoms. The molecule has 2 aromatic rings. The van der Waals surface area contributed by atoms with Crippen LogP contribution in [0.25, 0.3) is 0 Å². The Kier molecular flexibility index (Phi) is 2.91. The van der Waals surface area contributed by atoms with E-state index < -0.39 is 0 Å². The molecule has 4 nitrogen and oxygen atoms in total. The molecule has 0 fully saturated rings. The third-order valence-corrected chi connectivity index (χ3v) is 3.24. The molecule has 4 heteroatoms. The summed E-state index contributed by atoms with van der Waals surface area (Å²) in [5, 5.41) is 9.46. The summed E-state index contributed by atoms with van der Waals surface area (Å²) in [6, 6.07) is 8.41. The van der Waals surface area contributed by atoms with Crippen molar-refractivity contribution in [3.63, 3.8) is 0 Å². The van der Waals surface area contributed by atoms with Gasteiger partial charge in [0.25, 0.3) is 0 Å². The molecule has 1 aromatic carbocycles. The largest absolute Gasteiger partial charge is 0.508 e. The van der Waals surface area contributed by atoms with E-state index in [9.17, 15) is 9.90 Å². The first-order valence-electron chi connectivity index (χ1n) is 6.13. The Balaban J connectivity index is 1.85. The lowest BCUT2D eigenvalue weighted by Gasteiger charge is -2.24. The fourth-order valence-corrected chi connectivity index (χ4v) is 2.28. The Morgan fingerprint density at radius 3 is 3.05 bits per heavy atom. The second-order valence-electron chi connectivity index (χ2n) is 4.62. The molecular weight excluding hydrogens is 242 g/mol. The summed E-state index contributed by atoms with van der Waals surface area (Å²) in [4.78, 5) is 16.4. The average molecular weight is 255 g/mol. The number of benzene rings is 1. The van der Waals surface area contributed by atoms with Crippen molar-refractivity contribution < 1.29 is 14.6 Å². The first kappa shape index (κ1) is 11.7. The lowest BCUT2D eigenvalue weighted by atomic mass is 9.90. The van der Waals surface area contributed by atoms with Crippen LogP contribution in [0.5, 0.6) is 11.5 Å². The number of Topliss-reactive ketones (excluding diaryl/α,β-unsaturated/α-hetero) is 1. The number of fused-ring (bicyclic) bond motifs is 1. The van der Waals surface area contributed by atoms with E-state index in [1.54, 1.807) is 18.5 Å². The Hall–Kier alpha value is -2.36. The van der Waals surface area contributed by atoms with Crippen LogP contribution in [0.15, 0.2) is 42.7 Å². The van der Waals surface area contributed by atoms with Crippen LogP contribution < -0.4 is 4.74 Å². The highest BCUT2D eigenvalue weighted by molar-refractivity contribution is 6.01. The monoisotopic (exact) mass is 255 g/mol. The fourth-order valence-electron chi connectivity index (χ4n) is 2.28. The topological polar surface area (TPSA) is 59.4 Å². The van der Waals surface area contributed by atoms with Gasteiger partial charge in [-0.2, -0.15) is 0 Å². The van der Waals surface area contributed by atoms with E-state index in [0.717, 1.165) is 5.56 Å². The molecule has 0 saturated carbocycles. The predicted octanol–water partition coefficient (Wildman–Crippen LogP) is 2.22. The van der Waals surface area contributed by atoms with Crippen molar-refractivity contribution in [1.82, 2.24) is 4.98 Å². The van der Waals surface area contributed by atoms with Gasteiger partial charge in [-0.1, -0.05) is 6.07 Å². The van der Waals surface area contributed by atoms with Gasteiger partial charge in [0.2, 0.25) is 0 Å². The lowest BCUT2D eigenvalue weighted by molar-refractivity contribution is 0.0830. The number of ether oxygens (including phenoxy) is 1. The van der Waals surface area contributed by atoms with E-state index in [0.29, 0.717) is 24.3 Å². The highest BCUT2D eigenvalue weighted by Gasteiger charge is 2.29. The number of phenols is 1. The molecular formula is C15H13NO3. The summed E-state index contributed by atoms with van der Waals surface area (Å²) >= 11 is 0. The summed E-state index contributed by atoms with van der Waals surface area (Å²) in [5.41, 5.74) is 1.47. The van der Waals surface area contributed by atoms with Crippen LogP contribution in [-0.4, -0.2) is 22.5 Å². The molecule has 0 radical (unpaired) electrons. The molecule has 0 spiro atoms. The molecule has 1 aliphatic rings. The van der Waals surface area contributed by atoms with Crippen molar-refractivity contribution in [1.29, 1.82) is 0 Å². The average Bonchev–Trinajstić information content (AvgIpc) is 2.44. The van der Waals surface area contributed by atoms with E-state index in [-0.39, 0.29) is 17.5 Å². The summed E-state index contributed by atoms with van der Waals surface area (Å²) in [6.07, 6.45) is 4.06. The molecule has 1 N–H and O–H groups in total. The Morgan fingerprint density at radius 2 is 2.26 bits per heavy atom. The number of ketones is 1. The molecule has 0 aliphatic carbocycles. The summed E-state index contributed by atoms with van der Waals surface area (Å²) in [6.45, 7) is 0.367. The lowest BCUT2D eigenvalue weighted by Crippen LogP contribution is -2.29. The fraction of sp³-hybridized carbons (Fsp3) is 0.200. The number of hydrogen-bond acceptors (Lipinski definition) is 4. The van der Waals surface area contributed by atoms with Gasteiger partial charge in [0.15, 0.2) is 5.78 Å². The first-order chi connectivity index (χ1) is 9.24. The van der Waals surface area contributed by atoms with Crippen LogP contribution in [0.3, 0.4) is 0 Å². The van der Waals surface area contributed by atoms with E-state index in [2.05, 4.69) is 4.98 Å². The smallest absolute Gasteiger partial charge is 0.173 e. The summed E-state index contributed by atoms with van der Waals surface area (Å²) < 4.78 is 5.58. The Bertz CT molecular complexity index is 610. The van der Waals surface area contributed by atoms with E-state index in [1.165, 1.54) is 12.1 Å². The maximum atomic E-state index is 12.4. The van der Waals surface area contributed by atoms with Crippen LogP contribution in [0.2, 0.25) is 0 Å². The zero-order valence-corrected chi connectivity index (χ0v) is 10.2. The van der Waals surface area contributed by atoms with Crippen molar-refractivity contribution in [2.75, 3.05) is 6.61 Å². The van der Waals surface area contributed by atoms with E-state index in [4.69, 9.17) is 4.74 Å². The third kappa shape index (κ3) is 2.29. The number of aromatic hydroxyl groups is 1. The number of aromatic nitrogens is 1.